The average molecular weight is 148 g/mol. The van der Waals surface area contributed by atoms with Gasteiger partial charge in [0.15, 0.2) is 0 Å². The Morgan fingerprint density at radius 1 is 1.50 bits per heavy atom. The van der Waals surface area contributed by atoms with E-state index in [0.717, 1.165) is 10.6 Å². The quantitative estimate of drug-likeness (QED) is 0.440. The highest BCUT2D eigenvalue weighted by Crippen LogP contribution is 2.19. The van der Waals surface area contributed by atoms with E-state index in [1.807, 2.05) is 0 Å². The van der Waals surface area contributed by atoms with Gasteiger partial charge in [-0.25, -0.2) is 0 Å². The Labute approximate surface area is 62.1 Å². The second-order valence-electron chi connectivity index (χ2n) is 3.13. The lowest BCUT2D eigenvalue weighted by atomic mass is 9.94. The molecule has 0 aromatic rings. The summed E-state index contributed by atoms with van der Waals surface area (Å²) >= 11 is 8.83. The third-order valence-electron chi connectivity index (χ3n) is 0.682. The molecule has 0 radical (unpaired) electrons. The molecule has 0 bridgehead atoms. The minimum atomic E-state index is 0.304. The van der Waals surface area contributed by atoms with Crippen molar-refractivity contribution in [3.63, 3.8) is 0 Å². The van der Waals surface area contributed by atoms with E-state index in [1.165, 1.54) is 0 Å². The van der Waals surface area contributed by atoms with E-state index in [0.29, 0.717) is 5.41 Å². The van der Waals surface area contributed by atoms with E-state index < -0.39 is 0 Å². The third-order valence-corrected chi connectivity index (χ3v) is 0.984. The van der Waals surface area contributed by atoms with Crippen LogP contribution in [0.5, 0.6) is 0 Å². The molecule has 0 spiro atoms. The largest absolute Gasteiger partial charge is 0.136 e. The molecule has 8 heavy (non-hydrogen) atoms. The Hall–Kier alpha value is 0.440. The first kappa shape index (κ1) is 8.44. The van der Waals surface area contributed by atoms with Crippen molar-refractivity contribution in [1.29, 1.82) is 0 Å². The van der Waals surface area contributed by atoms with Crippen molar-refractivity contribution in [2.45, 2.75) is 27.2 Å². The molecule has 0 aliphatic heterocycles. The first-order chi connectivity index (χ1) is 3.42. The van der Waals surface area contributed by atoms with Crippen LogP contribution in [0.1, 0.15) is 27.2 Å². The normalized spacial score (nSPS) is 11.5. The predicted octanol–water partition coefficient (Wildman–Crippen LogP) is 2.68. The van der Waals surface area contributed by atoms with Gasteiger partial charge in [-0.1, -0.05) is 33.0 Å². The van der Waals surface area contributed by atoms with Crippen LogP contribution < -0.4 is 0 Å². The molecule has 0 aromatic heterocycles. The molecular weight excluding hydrogens is 136 g/mol. The van der Waals surface area contributed by atoms with Gasteiger partial charge in [-0.3, -0.25) is 0 Å². The summed E-state index contributed by atoms with van der Waals surface area (Å²) in [7, 11) is 0. The molecule has 0 nitrogen and oxygen atoms in total. The lowest BCUT2D eigenvalue weighted by Gasteiger charge is -2.15. The van der Waals surface area contributed by atoms with E-state index in [4.69, 9.17) is 12.2 Å². The van der Waals surface area contributed by atoms with Gasteiger partial charge in [0, 0.05) is 4.20 Å². The van der Waals surface area contributed by atoms with Crippen molar-refractivity contribution in [1.82, 2.24) is 0 Å². The molecule has 0 rings (SSSR count). The van der Waals surface area contributed by atoms with Crippen LogP contribution in [0.15, 0.2) is 0 Å². The van der Waals surface area contributed by atoms with Gasteiger partial charge in [0.05, 0.1) is 0 Å². The third kappa shape index (κ3) is 6.44. The molecule has 0 aliphatic carbocycles. The van der Waals surface area contributed by atoms with Crippen LogP contribution in [0, 0.1) is 5.41 Å². The van der Waals surface area contributed by atoms with Crippen LogP contribution in [0.3, 0.4) is 0 Å². The minimum Gasteiger partial charge on any atom is -0.136 e. The maximum Gasteiger partial charge on any atom is 0.0453 e. The standard InChI is InChI=1S/C6H12S2/c1-6(2,3)4-5(7)8/h4H2,1-3H3,(H,7,8). The number of hydrogen-bond donors (Lipinski definition) is 1. The second kappa shape index (κ2) is 2.83. The topological polar surface area (TPSA) is 0 Å². The lowest BCUT2D eigenvalue weighted by Crippen LogP contribution is -2.07. The highest BCUT2D eigenvalue weighted by Gasteiger charge is 2.10. The summed E-state index contributed by atoms with van der Waals surface area (Å²) in [4.78, 5) is 0. The van der Waals surface area contributed by atoms with Crippen LogP contribution in [-0.4, -0.2) is 4.20 Å². The zero-order chi connectivity index (χ0) is 6.78. The Kier molecular flexibility index (Phi) is 2.99. The Morgan fingerprint density at radius 3 is 1.88 bits per heavy atom. The number of rotatable bonds is 1. The molecule has 0 aromatic carbocycles. The van der Waals surface area contributed by atoms with Gasteiger partial charge in [-0.05, 0) is 11.8 Å². The van der Waals surface area contributed by atoms with Gasteiger partial charge < -0.3 is 0 Å². The number of thiocarbonyl (C=S) groups is 1. The van der Waals surface area contributed by atoms with Crippen LogP contribution in [0.4, 0.5) is 0 Å². The molecular formula is C6H12S2. The molecule has 2 heteroatoms. The van der Waals surface area contributed by atoms with Crippen LogP contribution in [0.25, 0.3) is 0 Å². The fourth-order valence-corrected chi connectivity index (χ4v) is 1.36. The number of hydrogen-bond acceptors (Lipinski definition) is 1. The molecule has 0 unspecified atom stereocenters. The fraction of sp³-hybridized carbons (Fsp3) is 0.833. The molecule has 0 fully saturated rings. The summed E-state index contributed by atoms with van der Waals surface area (Å²) in [6, 6.07) is 0. The molecule has 0 heterocycles. The van der Waals surface area contributed by atoms with Gasteiger partial charge in [0.1, 0.15) is 0 Å². The van der Waals surface area contributed by atoms with Gasteiger partial charge in [-0.2, -0.15) is 0 Å². The average Bonchev–Trinajstić information content (AvgIpc) is 1.21. The Bertz CT molecular complexity index is 89.2. The Morgan fingerprint density at radius 2 is 1.88 bits per heavy atom. The highest BCUT2D eigenvalue weighted by molar-refractivity contribution is 8.11. The summed E-state index contributed by atoms with van der Waals surface area (Å²) in [6.07, 6.45) is 0.922. The number of thiol groups is 1. The molecule has 48 valence electrons. The van der Waals surface area contributed by atoms with Crippen molar-refractivity contribution < 1.29 is 0 Å². The van der Waals surface area contributed by atoms with Gasteiger partial charge in [0.25, 0.3) is 0 Å². The maximum absolute atomic E-state index is 4.81. The highest BCUT2D eigenvalue weighted by atomic mass is 32.1. The van der Waals surface area contributed by atoms with E-state index in [9.17, 15) is 0 Å². The fourth-order valence-electron chi connectivity index (χ4n) is 0.454. The van der Waals surface area contributed by atoms with Crippen LogP contribution >= 0.6 is 24.8 Å². The van der Waals surface area contributed by atoms with Crippen molar-refractivity contribution >= 4 is 29.0 Å². The summed E-state index contributed by atoms with van der Waals surface area (Å²) in [5, 5.41) is 0. The molecule has 0 atom stereocenters. The molecule has 0 N–H and O–H groups in total. The zero-order valence-corrected chi connectivity index (χ0v) is 7.27. The Balaban J connectivity index is 3.55. The molecule has 0 aliphatic rings. The first-order valence-electron chi connectivity index (χ1n) is 2.63. The van der Waals surface area contributed by atoms with E-state index in [2.05, 4.69) is 33.4 Å². The molecule has 0 saturated heterocycles. The summed E-state index contributed by atoms with van der Waals surface area (Å²) in [6.45, 7) is 6.44. The molecule has 0 saturated carbocycles. The van der Waals surface area contributed by atoms with Crippen LogP contribution in [0.2, 0.25) is 0 Å². The lowest BCUT2D eigenvalue weighted by molar-refractivity contribution is 0.438. The van der Waals surface area contributed by atoms with Gasteiger partial charge in [0.2, 0.25) is 0 Å². The van der Waals surface area contributed by atoms with E-state index in [1.54, 1.807) is 0 Å². The SMILES string of the molecule is CC(C)(C)CC(=S)S. The van der Waals surface area contributed by atoms with E-state index >= 15 is 0 Å². The second-order valence-corrected chi connectivity index (χ2v) is 4.47. The van der Waals surface area contributed by atoms with Crippen molar-refractivity contribution in [3.05, 3.63) is 0 Å². The summed E-state index contributed by atoms with van der Waals surface area (Å²) in [5.41, 5.74) is 0.304. The zero-order valence-electron chi connectivity index (χ0n) is 5.56. The van der Waals surface area contributed by atoms with Crippen molar-refractivity contribution in [3.8, 4) is 0 Å². The first-order valence-corrected chi connectivity index (χ1v) is 3.49. The molecule has 0 amide bonds. The van der Waals surface area contributed by atoms with Crippen molar-refractivity contribution in [2.24, 2.45) is 5.41 Å². The van der Waals surface area contributed by atoms with Crippen molar-refractivity contribution in [2.75, 3.05) is 0 Å². The van der Waals surface area contributed by atoms with Gasteiger partial charge in [-0.15, -0.1) is 12.6 Å². The predicted molar refractivity (Wildman–Crippen MR) is 45.7 cm³/mol. The van der Waals surface area contributed by atoms with E-state index in [-0.39, 0.29) is 0 Å². The summed E-state index contributed by atoms with van der Waals surface area (Å²) < 4.78 is 0.803. The van der Waals surface area contributed by atoms with Crippen LogP contribution in [-0.2, 0) is 0 Å². The monoisotopic (exact) mass is 148 g/mol. The minimum absolute atomic E-state index is 0.304. The van der Waals surface area contributed by atoms with Gasteiger partial charge >= 0.3 is 0 Å². The summed E-state index contributed by atoms with van der Waals surface area (Å²) in [5.74, 6) is 0. The smallest absolute Gasteiger partial charge is 0.0453 e. The maximum atomic E-state index is 4.81.